The molecular weight excluding hydrogens is 877 g/mol. The highest BCUT2D eigenvalue weighted by molar-refractivity contribution is 5.97. The standard InChI is InChI=1S/C36H55N10O12.C2HF3O2/c1-3-45-22-6-5-19(11-23(22)46(4-2)28(45)15-44(18-49)35-33(37)40-34-21(39-35)12-38-41-34)36(58)42-9-7-20(8-10-42)43(13-24(50)29(54)31(56)26(52)16-47)14-25(51)30(55)32(57)27(53)17-48;3-2(4,5)1(6)7/h5-6,11-12,18,20,24-27,29-32,47-48,50-57H,3-4,7-10,13-17H2,1-2H3,(H3,37,38,40,41);(H,6,7)/q+1;/t24-,25-,26+,27+,29+,30+,31+,32+;/m0./s1. The van der Waals surface area contributed by atoms with E-state index in [-0.39, 0.29) is 37.2 Å². The van der Waals surface area contributed by atoms with Crippen LogP contribution < -0.4 is 15.2 Å². The summed E-state index contributed by atoms with van der Waals surface area (Å²) in [5, 5.41) is 115. The highest BCUT2D eigenvalue weighted by Crippen LogP contribution is 2.26. The number of nitrogen functional groups attached to an aromatic ring is 1. The van der Waals surface area contributed by atoms with Gasteiger partial charge in [0.05, 0.1) is 44.7 Å². The number of rotatable bonds is 20. The number of carbonyl (C=O) groups is 3. The summed E-state index contributed by atoms with van der Waals surface area (Å²) in [6, 6.07) is 4.89. The van der Waals surface area contributed by atoms with Crippen molar-refractivity contribution in [2.45, 2.75) is 107 Å². The van der Waals surface area contributed by atoms with Crippen molar-refractivity contribution in [3.05, 3.63) is 35.8 Å². The number of alkyl halides is 3. The number of carboxylic acid groups (broad SMARTS) is 1. The Labute approximate surface area is 367 Å². The van der Waals surface area contributed by atoms with Crippen LogP contribution in [0, 0.1) is 0 Å². The Bertz CT molecular complexity index is 2180. The maximum absolute atomic E-state index is 14.0. The molecule has 24 nitrogen and oxygen atoms in total. The first-order chi connectivity index (χ1) is 30.6. The van der Waals surface area contributed by atoms with Gasteiger partial charge in [-0.25, -0.2) is 23.9 Å². The van der Waals surface area contributed by atoms with Crippen LogP contribution in [0.15, 0.2) is 24.4 Å². The summed E-state index contributed by atoms with van der Waals surface area (Å²) in [4.78, 5) is 48.6. The van der Waals surface area contributed by atoms with Crippen LogP contribution >= 0.6 is 0 Å². The van der Waals surface area contributed by atoms with Crippen LogP contribution in [0.3, 0.4) is 0 Å². The number of benzene rings is 1. The van der Waals surface area contributed by atoms with Gasteiger partial charge < -0.3 is 66.8 Å². The molecule has 1 fully saturated rings. The van der Waals surface area contributed by atoms with Gasteiger partial charge in [0.2, 0.25) is 6.41 Å². The molecule has 362 valence electrons. The molecule has 4 aromatic rings. The van der Waals surface area contributed by atoms with Gasteiger partial charge >= 0.3 is 12.1 Å². The molecule has 14 N–H and O–H groups in total. The molecule has 0 radical (unpaired) electrons. The predicted molar refractivity (Wildman–Crippen MR) is 218 cm³/mol. The number of anilines is 2. The number of nitrogens with one attached hydrogen (secondary N) is 1. The van der Waals surface area contributed by atoms with E-state index in [9.17, 15) is 73.8 Å². The third kappa shape index (κ3) is 12.4. The lowest BCUT2D eigenvalue weighted by Gasteiger charge is -2.41. The van der Waals surface area contributed by atoms with E-state index in [1.807, 2.05) is 29.0 Å². The Morgan fingerprint density at radius 1 is 0.923 bits per heavy atom. The average Bonchev–Trinajstić information content (AvgIpc) is 3.88. The summed E-state index contributed by atoms with van der Waals surface area (Å²) in [5.74, 6) is -2.05. The third-order valence-corrected chi connectivity index (χ3v) is 11.1. The van der Waals surface area contributed by atoms with Gasteiger partial charge in [0, 0.05) is 43.9 Å². The fraction of sp³-hybridized carbons (Fsp3) is 0.605. The molecule has 0 unspecified atom stereocenters. The lowest BCUT2D eigenvalue weighted by Crippen LogP contribution is -2.56. The van der Waals surface area contributed by atoms with E-state index in [2.05, 4.69) is 20.2 Å². The maximum atomic E-state index is 14.0. The lowest BCUT2D eigenvalue weighted by atomic mass is 9.97. The number of likely N-dealkylation sites (tertiary alicyclic amines) is 1. The molecule has 0 bridgehead atoms. The molecule has 27 heteroatoms. The quantitative estimate of drug-likeness (QED) is 0.0295. The van der Waals surface area contributed by atoms with Crippen molar-refractivity contribution in [3.8, 4) is 0 Å². The number of aliphatic hydroxyl groups is 10. The second kappa shape index (κ2) is 22.8. The van der Waals surface area contributed by atoms with Crippen LogP contribution in [-0.4, -0.2) is 209 Å². The molecule has 4 heterocycles. The second-order valence-electron chi connectivity index (χ2n) is 15.3. The predicted octanol–water partition coefficient (Wildman–Crippen LogP) is -4.21. The van der Waals surface area contributed by atoms with Crippen LogP contribution in [0.25, 0.3) is 22.2 Å². The van der Waals surface area contributed by atoms with Gasteiger partial charge in [-0.1, -0.05) is 0 Å². The lowest BCUT2D eigenvalue weighted by molar-refractivity contribution is -0.676. The molecule has 65 heavy (non-hydrogen) atoms. The summed E-state index contributed by atoms with van der Waals surface area (Å²) < 4.78 is 35.8. The Balaban J connectivity index is 0.00000122. The van der Waals surface area contributed by atoms with Gasteiger partial charge in [-0.15, -0.1) is 0 Å². The average molecular weight is 934 g/mol. The van der Waals surface area contributed by atoms with Gasteiger partial charge in [-0.05, 0) is 38.8 Å². The number of nitrogens with two attached hydrogens (primary N) is 1. The maximum Gasteiger partial charge on any atom is 0.490 e. The number of hydrogen-bond donors (Lipinski definition) is 13. The first kappa shape index (κ1) is 52.4. The molecule has 1 aliphatic rings. The number of imidazole rings is 1. The number of aliphatic hydroxyl groups excluding tert-OH is 10. The number of aromatic nitrogens is 6. The first-order valence-corrected chi connectivity index (χ1v) is 20.4. The fourth-order valence-electron chi connectivity index (χ4n) is 7.52. The highest BCUT2D eigenvalue weighted by atomic mass is 19.4. The Kier molecular flexibility index (Phi) is 18.4. The van der Waals surface area contributed by atoms with Crippen molar-refractivity contribution in [2.75, 3.05) is 50.0 Å². The second-order valence-corrected chi connectivity index (χ2v) is 15.3. The van der Waals surface area contributed by atoms with Gasteiger partial charge in [0.25, 0.3) is 11.7 Å². The van der Waals surface area contributed by atoms with E-state index in [4.69, 9.17) is 15.6 Å². The molecule has 8 atom stereocenters. The van der Waals surface area contributed by atoms with Crippen LogP contribution in [0.2, 0.25) is 0 Å². The monoisotopic (exact) mass is 933 g/mol. The molecule has 1 aromatic carbocycles. The van der Waals surface area contributed by atoms with E-state index in [1.54, 1.807) is 17.0 Å². The summed E-state index contributed by atoms with van der Waals surface area (Å²) in [6.07, 6.45) is -17.0. The number of aromatic amines is 1. The van der Waals surface area contributed by atoms with Crippen molar-refractivity contribution in [2.24, 2.45) is 0 Å². The number of H-pyrrole nitrogens is 1. The zero-order valence-corrected chi connectivity index (χ0v) is 35.3. The topological polar surface area (TPSA) is 373 Å². The fourth-order valence-corrected chi connectivity index (χ4v) is 7.52. The number of amides is 2. The number of carboxylic acids is 1. The van der Waals surface area contributed by atoms with E-state index in [0.717, 1.165) is 16.9 Å². The summed E-state index contributed by atoms with van der Waals surface area (Å²) in [7, 11) is 0. The summed E-state index contributed by atoms with van der Waals surface area (Å²) in [6.45, 7) is 2.92. The van der Waals surface area contributed by atoms with Gasteiger partial charge in [-0.3, -0.25) is 24.5 Å². The van der Waals surface area contributed by atoms with Crippen molar-refractivity contribution >= 4 is 52.1 Å². The molecule has 3 aromatic heterocycles. The Hall–Kier alpha value is -5.20. The zero-order valence-electron chi connectivity index (χ0n) is 35.3. The normalized spacial score (nSPS) is 17.5. The molecule has 2 amide bonds. The number of piperidine rings is 1. The van der Waals surface area contributed by atoms with E-state index >= 15 is 0 Å². The molecule has 0 saturated carbocycles. The summed E-state index contributed by atoms with van der Waals surface area (Å²) >= 11 is 0. The van der Waals surface area contributed by atoms with Crippen LogP contribution in [0.5, 0.6) is 0 Å². The zero-order chi connectivity index (χ0) is 48.5. The van der Waals surface area contributed by atoms with Crippen LogP contribution in [0.1, 0.15) is 42.9 Å². The Morgan fingerprint density at radius 3 is 1.94 bits per heavy atom. The number of carbonyl (C=O) groups excluding carboxylic acids is 2. The first-order valence-electron chi connectivity index (χ1n) is 20.4. The van der Waals surface area contributed by atoms with E-state index in [1.165, 1.54) is 16.0 Å². The number of hydrogen-bond acceptors (Lipinski definition) is 18. The molecule has 0 aliphatic carbocycles. The molecule has 1 saturated heterocycles. The number of halogens is 3. The minimum absolute atomic E-state index is 0.0433. The van der Waals surface area contributed by atoms with E-state index < -0.39 is 93.3 Å². The highest BCUT2D eigenvalue weighted by Gasteiger charge is 2.39. The molecular formula is C38H56F3N10O14+. The SMILES string of the molecule is CCn1c(CN(C=O)c2nc3cn[nH]c3nc2N)[n+](CC)c2ccc(C(=O)N3CCC(N(C[C@H](O)[C@@H](O)[C@H](O)[C@H](O)CO)C[C@H](O)[C@@H](O)[C@H](O)[C@H](O)CO)CC3)cc21.O=C(O)C(F)(F)F. The smallest absolute Gasteiger partial charge is 0.475 e. The van der Waals surface area contributed by atoms with Crippen molar-refractivity contribution < 1.29 is 88.3 Å². The summed E-state index contributed by atoms with van der Waals surface area (Å²) in [5.41, 5.74) is 8.99. The van der Waals surface area contributed by atoms with E-state index in [0.29, 0.717) is 49.1 Å². The molecule has 1 aliphatic heterocycles. The van der Waals surface area contributed by atoms with Crippen molar-refractivity contribution in [1.29, 1.82) is 0 Å². The minimum Gasteiger partial charge on any atom is -0.475 e. The van der Waals surface area contributed by atoms with Crippen LogP contribution in [-0.2, 0) is 29.2 Å². The number of nitrogens with zero attached hydrogens (tertiary/aromatic N) is 8. The van der Waals surface area contributed by atoms with Gasteiger partial charge in [0.15, 0.2) is 28.3 Å². The number of aryl methyl sites for hydroxylation is 2. The number of aliphatic carboxylic acids is 1. The molecule has 5 rings (SSSR count). The number of fused-ring (bicyclic) bond motifs is 2. The largest absolute Gasteiger partial charge is 0.490 e. The third-order valence-electron chi connectivity index (χ3n) is 11.1. The van der Waals surface area contributed by atoms with Gasteiger partial charge in [-0.2, -0.15) is 18.3 Å². The van der Waals surface area contributed by atoms with Crippen molar-refractivity contribution in [3.63, 3.8) is 0 Å². The minimum atomic E-state index is -5.08. The van der Waals surface area contributed by atoms with Crippen molar-refractivity contribution in [1.82, 2.24) is 34.5 Å². The van der Waals surface area contributed by atoms with Crippen LogP contribution in [0.4, 0.5) is 24.8 Å². The van der Waals surface area contributed by atoms with Gasteiger partial charge in [0.1, 0.15) is 48.7 Å². The Morgan fingerprint density at radius 2 is 1.46 bits per heavy atom. The molecule has 0 spiro atoms.